The fourth-order valence-electron chi connectivity index (χ4n) is 7.79. The van der Waals surface area contributed by atoms with Crippen LogP contribution in [0.3, 0.4) is 0 Å². The Morgan fingerprint density at radius 2 is 1.06 bits per heavy atom. The SMILES string of the molecule is CCCCCCCCCCCC/C=C/CC/C=C/CC/C=C/C(O)C(COC1OC(CO)C(O)C(OS(=O)(=O)O)C1O)NC(=O)C(O)CCCCCCCCCCCCCCCC. The van der Waals surface area contributed by atoms with Crippen molar-refractivity contribution in [2.75, 3.05) is 13.2 Å². The lowest BCUT2D eigenvalue weighted by molar-refractivity contribution is -0.298. The lowest BCUT2D eigenvalue weighted by Gasteiger charge is -2.41. The highest BCUT2D eigenvalue weighted by Crippen LogP contribution is 2.26. The average molecular weight is 918 g/mol. The Morgan fingerprint density at radius 1 is 0.635 bits per heavy atom. The minimum absolute atomic E-state index is 0.236. The summed E-state index contributed by atoms with van der Waals surface area (Å²) in [7, 11) is -5.12. The first-order chi connectivity index (χ1) is 30.4. The molecule has 63 heavy (non-hydrogen) atoms. The van der Waals surface area contributed by atoms with Gasteiger partial charge < -0.3 is 40.3 Å². The fourth-order valence-corrected chi connectivity index (χ4v) is 8.30. The number of carbonyl (C=O) groups is 1. The molecule has 1 heterocycles. The summed E-state index contributed by atoms with van der Waals surface area (Å²) in [5, 5.41) is 55.3. The third kappa shape index (κ3) is 31.8. The lowest BCUT2D eigenvalue weighted by Crippen LogP contribution is -2.61. The van der Waals surface area contributed by atoms with E-state index in [0.29, 0.717) is 12.8 Å². The van der Waals surface area contributed by atoms with Crippen LogP contribution in [-0.2, 0) is 28.9 Å². The second-order valence-corrected chi connectivity index (χ2v) is 18.6. The van der Waals surface area contributed by atoms with Crippen LogP contribution in [0.4, 0.5) is 0 Å². The molecule has 1 fully saturated rings. The van der Waals surface area contributed by atoms with E-state index in [-0.39, 0.29) is 6.42 Å². The molecule has 0 radical (unpaired) electrons. The number of aliphatic hydroxyl groups excluding tert-OH is 5. The first-order valence-corrected chi connectivity index (χ1v) is 26.3. The molecular weight excluding hydrogens is 827 g/mol. The molecule has 8 atom stereocenters. The first-order valence-electron chi connectivity index (χ1n) is 25.0. The highest BCUT2D eigenvalue weighted by molar-refractivity contribution is 7.80. The predicted molar refractivity (Wildman–Crippen MR) is 251 cm³/mol. The molecule has 0 aromatic heterocycles. The van der Waals surface area contributed by atoms with E-state index in [2.05, 4.69) is 47.7 Å². The molecular formula is C49H91NO12S. The highest BCUT2D eigenvalue weighted by atomic mass is 32.3. The summed E-state index contributed by atoms with van der Waals surface area (Å²) in [5.74, 6) is -0.715. The van der Waals surface area contributed by atoms with E-state index < -0.39 is 78.5 Å². The molecule has 0 aromatic carbocycles. The van der Waals surface area contributed by atoms with E-state index in [9.17, 15) is 43.3 Å². The van der Waals surface area contributed by atoms with Crippen LogP contribution in [0, 0.1) is 0 Å². The van der Waals surface area contributed by atoms with Crippen molar-refractivity contribution >= 4 is 16.3 Å². The van der Waals surface area contributed by atoms with Crippen LogP contribution < -0.4 is 5.32 Å². The van der Waals surface area contributed by atoms with E-state index in [1.807, 2.05) is 0 Å². The van der Waals surface area contributed by atoms with E-state index in [1.165, 1.54) is 134 Å². The molecule has 8 unspecified atom stereocenters. The third-order valence-electron chi connectivity index (χ3n) is 11.8. The van der Waals surface area contributed by atoms with Crippen molar-refractivity contribution < 1.29 is 57.0 Å². The van der Waals surface area contributed by atoms with Gasteiger partial charge in [0.15, 0.2) is 6.29 Å². The van der Waals surface area contributed by atoms with Crippen LogP contribution in [0.2, 0.25) is 0 Å². The Balaban J connectivity index is 2.58. The molecule has 0 aromatic rings. The molecule has 0 saturated carbocycles. The topological polar surface area (TPSA) is 212 Å². The van der Waals surface area contributed by atoms with Gasteiger partial charge in [-0.05, 0) is 44.9 Å². The minimum Gasteiger partial charge on any atom is -0.394 e. The second-order valence-electron chi connectivity index (χ2n) is 17.5. The van der Waals surface area contributed by atoms with Gasteiger partial charge in [-0.1, -0.05) is 198 Å². The zero-order chi connectivity index (χ0) is 46.4. The summed E-state index contributed by atoms with van der Waals surface area (Å²) in [6.07, 6.45) is 35.1. The molecule has 1 aliphatic rings. The van der Waals surface area contributed by atoms with Gasteiger partial charge in [-0.15, -0.1) is 0 Å². The van der Waals surface area contributed by atoms with Crippen molar-refractivity contribution in [1.82, 2.24) is 5.32 Å². The van der Waals surface area contributed by atoms with Crippen molar-refractivity contribution in [1.29, 1.82) is 0 Å². The van der Waals surface area contributed by atoms with Gasteiger partial charge in [0.1, 0.15) is 30.5 Å². The number of carbonyl (C=O) groups excluding carboxylic acids is 1. The van der Waals surface area contributed by atoms with Gasteiger partial charge in [-0.3, -0.25) is 9.35 Å². The number of aliphatic hydroxyl groups is 5. The number of nitrogens with one attached hydrogen (secondary N) is 1. The quantitative estimate of drug-likeness (QED) is 0.0174. The number of allylic oxidation sites excluding steroid dienone is 5. The van der Waals surface area contributed by atoms with Gasteiger partial charge in [0.2, 0.25) is 5.91 Å². The van der Waals surface area contributed by atoms with Crippen molar-refractivity contribution in [2.24, 2.45) is 0 Å². The smallest absolute Gasteiger partial charge is 0.394 e. The van der Waals surface area contributed by atoms with Gasteiger partial charge in [0.05, 0.1) is 25.4 Å². The Bertz CT molecular complexity index is 1280. The Morgan fingerprint density at radius 3 is 1.52 bits per heavy atom. The summed E-state index contributed by atoms with van der Waals surface area (Å²) in [4.78, 5) is 13.1. The van der Waals surface area contributed by atoms with Crippen LogP contribution >= 0.6 is 0 Å². The second kappa shape index (κ2) is 39.4. The van der Waals surface area contributed by atoms with E-state index in [0.717, 1.165) is 44.9 Å². The minimum atomic E-state index is -5.12. The monoisotopic (exact) mass is 918 g/mol. The summed E-state index contributed by atoms with van der Waals surface area (Å²) in [6.45, 7) is 3.20. The van der Waals surface area contributed by atoms with Gasteiger partial charge in [-0.2, -0.15) is 8.42 Å². The molecule has 1 amide bonds. The maximum atomic E-state index is 13.1. The number of amides is 1. The van der Waals surface area contributed by atoms with Gasteiger partial charge >= 0.3 is 10.4 Å². The lowest BCUT2D eigenvalue weighted by atomic mass is 9.99. The van der Waals surface area contributed by atoms with Crippen LogP contribution in [0.15, 0.2) is 36.5 Å². The Labute approximate surface area is 382 Å². The van der Waals surface area contributed by atoms with Gasteiger partial charge in [0, 0.05) is 0 Å². The number of hydrogen-bond donors (Lipinski definition) is 7. The number of rotatable bonds is 42. The Hall–Kier alpha value is -1.72. The fraction of sp³-hybridized carbons (Fsp3) is 0.857. The molecule has 1 rings (SSSR count). The first kappa shape index (κ1) is 59.3. The third-order valence-corrected chi connectivity index (χ3v) is 12.2. The molecule has 0 bridgehead atoms. The molecule has 0 spiro atoms. The molecule has 13 nitrogen and oxygen atoms in total. The van der Waals surface area contributed by atoms with Crippen molar-refractivity contribution in [2.45, 2.75) is 255 Å². The largest absolute Gasteiger partial charge is 0.397 e. The predicted octanol–water partition coefficient (Wildman–Crippen LogP) is 9.25. The van der Waals surface area contributed by atoms with E-state index in [1.54, 1.807) is 6.08 Å². The summed E-state index contributed by atoms with van der Waals surface area (Å²) < 4.78 is 47.5. The van der Waals surface area contributed by atoms with Crippen LogP contribution in [0.25, 0.3) is 0 Å². The number of hydrogen-bond acceptors (Lipinski definition) is 11. The van der Waals surface area contributed by atoms with Crippen LogP contribution in [-0.4, -0.2) is 107 Å². The normalized spacial score (nSPS) is 21.2. The zero-order valence-electron chi connectivity index (χ0n) is 39.3. The maximum absolute atomic E-state index is 13.1. The Kier molecular flexibility index (Phi) is 37.1. The summed E-state index contributed by atoms with van der Waals surface area (Å²) in [5.41, 5.74) is 0. The van der Waals surface area contributed by atoms with Crippen LogP contribution in [0.1, 0.15) is 206 Å². The van der Waals surface area contributed by atoms with Crippen molar-refractivity contribution in [3.8, 4) is 0 Å². The highest BCUT2D eigenvalue weighted by Gasteiger charge is 2.48. The average Bonchev–Trinajstić information content (AvgIpc) is 3.25. The van der Waals surface area contributed by atoms with Crippen molar-refractivity contribution in [3.05, 3.63) is 36.5 Å². The number of ether oxygens (including phenoxy) is 2. The van der Waals surface area contributed by atoms with E-state index >= 15 is 0 Å². The standard InChI is InChI=1S/C49H91NO12S/c1-3-5-7-9-11-13-15-17-19-20-21-22-23-24-26-27-29-31-33-35-37-42(52)41(40-60-49-46(55)47(62-63(57,58)59)45(54)44(39-51)61-49)50-48(56)43(53)38-36-34-32-30-28-25-18-16-14-12-10-8-6-4-2/h22-23,27,29,35,37,41-47,49,51-55H,3-21,24-26,28,30-34,36,38-40H2,1-2H3,(H,50,56)(H,57,58,59)/b23-22+,29-27+,37-35+. The molecule has 14 heteroatoms. The maximum Gasteiger partial charge on any atom is 0.397 e. The molecule has 370 valence electrons. The van der Waals surface area contributed by atoms with E-state index in [4.69, 9.17) is 9.47 Å². The summed E-state index contributed by atoms with van der Waals surface area (Å²) >= 11 is 0. The summed E-state index contributed by atoms with van der Waals surface area (Å²) in [6, 6.07) is -1.14. The van der Waals surface area contributed by atoms with Crippen LogP contribution in [0.5, 0.6) is 0 Å². The molecule has 7 N–H and O–H groups in total. The molecule has 1 aliphatic heterocycles. The zero-order valence-corrected chi connectivity index (χ0v) is 40.1. The van der Waals surface area contributed by atoms with Crippen molar-refractivity contribution in [3.63, 3.8) is 0 Å². The van der Waals surface area contributed by atoms with Gasteiger partial charge in [0.25, 0.3) is 0 Å². The number of unbranched alkanes of at least 4 members (excludes halogenated alkanes) is 25. The molecule has 1 saturated heterocycles. The van der Waals surface area contributed by atoms with Gasteiger partial charge in [-0.25, -0.2) is 4.18 Å². The molecule has 0 aliphatic carbocycles.